The fraction of sp³-hybridized carbons (Fsp3) is 0.200. The van der Waals surface area contributed by atoms with Gasteiger partial charge in [0.05, 0.1) is 11.1 Å². The minimum Gasteiger partial charge on any atom is -0.275 e. The summed E-state index contributed by atoms with van der Waals surface area (Å²) in [4.78, 5) is 24.5. The van der Waals surface area contributed by atoms with Crippen LogP contribution in [0, 0.1) is 0 Å². The van der Waals surface area contributed by atoms with Crippen LogP contribution >= 0.6 is 0 Å². The van der Waals surface area contributed by atoms with E-state index in [1.807, 2.05) is 25.2 Å². The van der Waals surface area contributed by atoms with Crippen LogP contribution in [0.25, 0.3) is 0 Å². The van der Waals surface area contributed by atoms with E-state index in [2.05, 4.69) is 19.7 Å². The van der Waals surface area contributed by atoms with Crippen LogP contribution in [0.1, 0.15) is 20.8 Å². The molecule has 0 aromatic carbocycles. The minimum absolute atomic E-state index is 0.231. The first-order chi connectivity index (χ1) is 11.0. The van der Waals surface area contributed by atoms with Crippen molar-refractivity contribution in [3.8, 4) is 0 Å². The summed E-state index contributed by atoms with van der Waals surface area (Å²) in [5.41, 5.74) is 1.93. The van der Waals surface area contributed by atoms with Gasteiger partial charge in [0.25, 0.3) is 11.8 Å². The van der Waals surface area contributed by atoms with Gasteiger partial charge in [-0.3, -0.25) is 14.5 Å². The van der Waals surface area contributed by atoms with Crippen LogP contribution in [-0.4, -0.2) is 23.3 Å². The summed E-state index contributed by atoms with van der Waals surface area (Å²) in [5, 5.41) is 0. The molecule has 3 heteroatoms. The number of hydrogen-bond donors (Lipinski definition) is 0. The second-order valence-corrected chi connectivity index (χ2v) is 4.49. The molecule has 1 aliphatic rings. The molecule has 0 saturated carbocycles. The maximum absolute atomic E-state index is 11.7. The lowest BCUT2D eigenvalue weighted by atomic mass is 10.1. The zero-order chi connectivity index (χ0) is 17.8. The molecule has 0 aromatic heterocycles. The van der Waals surface area contributed by atoms with Gasteiger partial charge < -0.3 is 0 Å². The topological polar surface area (TPSA) is 37.4 Å². The van der Waals surface area contributed by atoms with Gasteiger partial charge in [0.15, 0.2) is 0 Å². The number of hydrogen-bond acceptors (Lipinski definition) is 2. The van der Waals surface area contributed by atoms with Gasteiger partial charge in [-0.15, -0.1) is 0 Å². The number of rotatable bonds is 6. The number of likely N-dealkylation sites (N-methyl/N-ethyl adjacent to an activating group) is 1. The molecule has 0 unspecified atom stereocenters. The van der Waals surface area contributed by atoms with E-state index in [-0.39, 0.29) is 11.8 Å². The lowest BCUT2D eigenvalue weighted by molar-refractivity contribution is -0.137. The van der Waals surface area contributed by atoms with Gasteiger partial charge in [0.1, 0.15) is 0 Å². The molecule has 23 heavy (non-hydrogen) atoms. The number of imide groups is 1. The lowest BCUT2D eigenvalue weighted by Gasteiger charge is -2.10. The number of amides is 2. The molecule has 0 N–H and O–H groups in total. The average Bonchev–Trinajstić information content (AvgIpc) is 2.78. The van der Waals surface area contributed by atoms with Crippen molar-refractivity contribution in [3.63, 3.8) is 0 Å². The van der Waals surface area contributed by atoms with Gasteiger partial charge in [-0.25, -0.2) is 0 Å². The van der Waals surface area contributed by atoms with E-state index in [0.717, 1.165) is 5.57 Å². The van der Waals surface area contributed by atoms with E-state index >= 15 is 0 Å². The van der Waals surface area contributed by atoms with Crippen LogP contribution in [0.5, 0.6) is 0 Å². The first-order valence-electron chi connectivity index (χ1n) is 7.45. The molecule has 2 amide bonds. The standard InChI is InChI=1S/C11H13NO2.C9H12/c1-4-7-9-8(5-2)10(13)12(6-3)11(9)14;1-4-7-9(6-3)8-5-2/h4-5,7H,2,6H2,1,3H3;4-8H,1,3H2,2H3/b7-4-;8-5-,9-7-. The largest absolute Gasteiger partial charge is 0.275 e. The number of carbonyl (C=O) groups excluding carboxylic acids is 2. The SMILES string of the molecule is C=C/C=C(C=C)\C=C/C.C=CC1=C(/C=C\C)C(=O)N(CC)C1=O. The van der Waals surface area contributed by atoms with Gasteiger partial charge in [-0.05, 0) is 26.3 Å². The van der Waals surface area contributed by atoms with E-state index in [1.165, 1.54) is 11.0 Å². The van der Waals surface area contributed by atoms with Gasteiger partial charge in [0, 0.05) is 6.54 Å². The Kier molecular flexibility index (Phi) is 9.69. The Morgan fingerprint density at radius 3 is 2.04 bits per heavy atom. The molecule has 122 valence electrons. The highest BCUT2D eigenvalue weighted by Crippen LogP contribution is 2.22. The molecule has 0 radical (unpaired) electrons. The highest BCUT2D eigenvalue weighted by Gasteiger charge is 2.33. The van der Waals surface area contributed by atoms with Crippen LogP contribution < -0.4 is 0 Å². The highest BCUT2D eigenvalue weighted by atomic mass is 16.2. The highest BCUT2D eigenvalue weighted by molar-refractivity contribution is 6.21. The predicted molar refractivity (Wildman–Crippen MR) is 97.7 cm³/mol. The Hall–Kier alpha value is -2.68. The normalized spacial score (nSPS) is 15.3. The summed E-state index contributed by atoms with van der Waals surface area (Å²) >= 11 is 0. The van der Waals surface area contributed by atoms with Gasteiger partial charge in [0.2, 0.25) is 0 Å². The zero-order valence-corrected chi connectivity index (χ0v) is 14.2. The van der Waals surface area contributed by atoms with Crippen LogP contribution in [0.3, 0.4) is 0 Å². The molecule has 0 fully saturated rings. The Morgan fingerprint density at radius 2 is 1.65 bits per heavy atom. The number of carbonyl (C=O) groups is 2. The summed E-state index contributed by atoms with van der Waals surface area (Å²) < 4.78 is 0. The van der Waals surface area contributed by atoms with E-state index in [4.69, 9.17) is 0 Å². The molecule has 0 spiro atoms. The van der Waals surface area contributed by atoms with Crippen molar-refractivity contribution in [3.05, 3.63) is 85.1 Å². The maximum atomic E-state index is 11.7. The molecule has 0 atom stereocenters. The van der Waals surface area contributed by atoms with Gasteiger partial charge in [-0.1, -0.05) is 68.3 Å². The molecule has 1 heterocycles. The van der Waals surface area contributed by atoms with Crippen molar-refractivity contribution in [2.24, 2.45) is 0 Å². The Morgan fingerprint density at radius 1 is 1.04 bits per heavy atom. The van der Waals surface area contributed by atoms with Crippen molar-refractivity contribution >= 4 is 11.8 Å². The summed E-state index contributed by atoms with van der Waals surface area (Å²) in [7, 11) is 0. The zero-order valence-electron chi connectivity index (χ0n) is 14.2. The predicted octanol–water partition coefficient (Wildman–Crippen LogP) is 4.29. The summed E-state index contributed by atoms with van der Waals surface area (Å²) in [6.07, 6.45) is 14.2. The van der Waals surface area contributed by atoms with Crippen molar-refractivity contribution in [1.29, 1.82) is 0 Å². The molecule has 0 aromatic rings. The van der Waals surface area contributed by atoms with E-state index in [1.54, 1.807) is 38.2 Å². The van der Waals surface area contributed by atoms with Crippen molar-refractivity contribution < 1.29 is 9.59 Å². The Bertz CT molecular complexity index is 601. The fourth-order valence-electron chi connectivity index (χ4n) is 1.95. The fourth-order valence-corrected chi connectivity index (χ4v) is 1.95. The second-order valence-electron chi connectivity index (χ2n) is 4.49. The Labute approximate surface area is 139 Å². The third-order valence-corrected chi connectivity index (χ3v) is 3.00. The molecule has 1 rings (SSSR count). The molecule has 0 saturated heterocycles. The minimum atomic E-state index is -0.249. The Balaban J connectivity index is 0.000000468. The molecule has 1 aliphatic heterocycles. The summed E-state index contributed by atoms with van der Waals surface area (Å²) in [5.74, 6) is -0.480. The summed E-state index contributed by atoms with van der Waals surface area (Å²) in [6.45, 7) is 16.7. The van der Waals surface area contributed by atoms with E-state index in [9.17, 15) is 9.59 Å². The molecular formula is C20H25NO2. The monoisotopic (exact) mass is 311 g/mol. The number of nitrogens with zero attached hydrogens (tertiary/aromatic N) is 1. The van der Waals surface area contributed by atoms with Crippen LogP contribution in [0.2, 0.25) is 0 Å². The van der Waals surface area contributed by atoms with Crippen LogP contribution in [-0.2, 0) is 9.59 Å². The van der Waals surface area contributed by atoms with Crippen molar-refractivity contribution in [2.75, 3.05) is 6.54 Å². The lowest BCUT2D eigenvalue weighted by Crippen LogP contribution is -2.31. The van der Waals surface area contributed by atoms with Crippen molar-refractivity contribution in [2.45, 2.75) is 20.8 Å². The van der Waals surface area contributed by atoms with E-state index in [0.29, 0.717) is 17.7 Å². The van der Waals surface area contributed by atoms with Crippen LogP contribution in [0.15, 0.2) is 85.1 Å². The maximum Gasteiger partial charge on any atom is 0.261 e. The first-order valence-corrected chi connectivity index (χ1v) is 7.45. The summed E-state index contributed by atoms with van der Waals surface area (Å²) in [6, 6.07) is 0. The van der Waals surface area contributed by atoms with Crippen LogP contribution in [0.4, 0.5) is 0 Å². The molecule has 3 nitrogen and oxygen atoms in total. The smallest absolute Gasteiger partial charge is 0.261 e. The quantitative estimate of drug-likeness (QED) is 0.542. The van der Waals surface area contributed by atoms with Gasteiger partial charge in [-0.2, -0.15) is 0 Å². The second kappa shape index (κ2) is 11.0. The third kappa shape index (κ3) is 5.55. The molecule has 0 bridgehead atoms. The van der Waals surface area contributed by atoms with Crippen molar-refractivity contribution in [1.82, 2.24) is 4.90 Å². The third-order valence-electron chi connectivity index (χ3n) is 3.00. The number of allylic oxidation sites excluding steroid dienone is 7. The first kappa shape index (κ1) is 20.3. The van der Waals surface area contributed by atoms with E-state index < -0.39 is 0 Å². The average molecular weight is 311 g/mol. The molecular weight excluding hydrogens is 286 g/mol. The molecule has 0 aliphatic carbocycles. The van der Waals surface area contributed by atoms with Gasteiger partial charge >= 0.3 is 0 Å².